The molecule has 126 valence electrons. The summed E-state index contributed by atoms with van der Waals surface area (Å²) in [5.74, 6) is -1.35. The third kappa shape index (κ3) is 4.65. The SMILES string of the molecule is CC(=O)NCC1CN(c2ccc(CS(C)(=O)=O)c(F)c2)C(=O)O1. The van der Waals surface area contributed by atoms with Crippen molar-refractivity contribution in [2.24, 2.45) is 0 Å². The van der Waals surface area contributed by atoms with Crippen LogP contribution in [-0.2, 0) is 25.1 Å². The summed E-state index contributed by atoms with van der Waals surface area (Å²) in [5.41, 5.74) is 0.314. The largest absolute Gasteiger partial charge is 0.442 e. The van der Waals surface area contributed by atoms with E-state index in [1.165, 1.54) is 24.0 Å². The number of benzene rings is 1. The summed E-state index contributed by atoms with van der Waals surface area (Å²) in [5, 5.41) is 2.54. The van der Waals surface area contributed by atoms with Gasteiger partial charge in [0.15, 0.2) is 9.84 Å². The van der Waals surface area contributed by atoms with Crippen LogP contribution in [0.4, 0.5) is 14.9 Å². The highest BCUT2D eigenvalue weighted by atomic mass is 32.2. The number of amides is 2. The molecule has 2 amide bonds. The van der Waals surface area contributed by atoms with Crippen LogP contribution in [-0.4, -0.2) is 45.9 Å². The van der Waals surface area contributed by atoms with Crippen LogP contribution in [0.25, 0.3) is 0 Å². The van der Waals surface area contributed by atoms with Crippen LogP contribution >= 0.6 is 0 Å². The highest BCUT2D eigenvalue weighted by Gasteiger charge is 2.32. The summed E-state index contributed by atoms with van der Waals surface area (Å²) in [6.07, 6.45) is -0.147. The van der Waals surface area contributed by atoms with Crippen molar-refractivity contribution in [2.75, 3.05) is 24.2 Å². The predicted octanol–water partition coefficient (Wildman–Crippen LogP) is 0.832. The first-order valence-electron chi connectivity index (χ1n) is 6.84. The number of nitrogens with zero attached hydrogens (tertiary/aromatic N) is 1. The first-order valence-corrected chi connectivity index (χ1v) is 8.90. The predicted molar refractivity (Wildman–Crippen MR) is 81.2 cm³/mol. The van der Waals surface area contributed by atoms with Crippen LogP contribution in [0.2, 0.25) is 0 Å². The van der Waals surface area contributed by atoms with E-state index in [0.29, 0.717) is 0 Å². The lowest BCUT2D eigenvalue weighted by atomic mass is 10.2. The summed E-state index contributed by atoms with van der Waals surface area (Å²) in [6.45, 7) is 1.70. The molecule has 1 fully saturated rings. The molecule has 0 spiro atoms. The molecule has 1 heterocycles. The fraction of sp³-hybridized carbons (Fsp3) is 0.429. The number of hydrogen-bond donors (Lipinski definition) is 1. The van der Waals surface area contributed by atoms with Crippen molar-refractivity contribution in [3.05, 3.63) is 29.6 Å². The molecule has 1 aliphatic rings. The van der Waals surface area contributed by atoms with E-state index >= 15 is 0 Å². The Bertz CT molecular complexity index is 735. The zero-order chi connectivity index (χ0) is 17.2. The molecule has 1 aliphatic heterocycles. The van der Waals surface area contributed by atoms with Gasteiger partial charge in [0, 0.05) is 18.7 Å². The molecule has 1 unspecified atom stereocenters. The second-order valence-corrected chi connectivity index (χ2v) is 7.54. The van der Waals surface area contributed by atoms with Gasteiger partial charge in [-0.25, -0.2) is 17.6 Å². The number of sulfone groups is 1. The van der Waals surface area contributed by atoms with Crippen LogP contribution in [0.1, 0.15) is 12.5 Å². The van der Waals surface area contributed by atoms with Crippen molar-refractivity contribution in [1.29, 1.82) is 0 Å². The number of cyclic esters (lactones) is 1. The normalized spacial score (nSPS) is 18.0. The van der Waals surface area contributed by atoms with E-state index in [4.69, 9.17) is 4.74 Å². The standard InChI is InChI=1S/C14H17FN2O5S/c1-9(18)16-6-12-7-17(14(19)22-12)11-4-3-10(13(15)5-11)8-23(2,20)21/h3-5,12H,6-8H2,1-2H3,(H,16,18). The van der Waals surface area contributed by atoms with Gasteiger partial charge in [-0.3, -0.25) is 9.69 Å². The van der Waals surface area contributed by atoms with Gasteiger partial charge in [-0.2, -0.15) is 0 Å². The Balaban J connectivity index is 2.11. The van der Waals surface area contributed by atoms with Gasteiger partial charge < -0.3 is 10.1 Å². The maximum absolute atomic E-state index is 14.0. The molecule has 23 heavy (non-hydrogen) atoms. The lowest BCUT2D eigenvalue weighted by molar-refractivity contribution is -0.119. The Morgan fingerprint density at radius 3 is 2.74 bits per heavy atom. The van der Waals surface area contributed by atoms with E-state index in [1.54, 1.807) is 0 Å². The number of carbonyl (C=O) groups excluding carboxylic acids is 2. The zero-order valence-corrected chi connectivity index (χ0v) is 13.5. The molecule has 0 bridgehead atoms. The second-order valence-electron chi connectivity index (χ2n) is 5.40. The van der Waals surface area contributed by atoms with Gasteiger partial charge in [0.1, 0.15) is 11.9 Å². The van der Waals surface area contributed by atoms with E-state index in [2.05, 4.69) is 5.32 Å². The van der Waals surface area contributed by atoms with E-state index in [9.17, 15) is 22.4 Å². The molecule has 1 N–H and O–H groups in total. The maximum atomic E-state index is 14.0. The first-order chi connectivity index (χ1) is 10.7. The Kier molecular flexibility index (Phi) is 4.88. The van der Waals surface area contributed by atoms with E-state index in [-0.39, 0.29) is 30.2 Å². The first kappa shape index (κ1) is 17.2. The lowest BCUT2D eigenvalue weighted by Crippen LogP contribution is -2.33. The van der Waals surface area contributed by atoms with Gasteiger partial charge in [-0.15, -0.1) is 0 Å². The van der Waals surface area contributed by atoms with Crippen LogP contribution in [0.3, 0.4) is 0 Å². The Labute approximate surface area is 133 Å². The minimum absolute atomic E-state index is 0.0404. The van der Waals surface area contributed by atoms with Gasteiger partial charge in [0.05, 0.1) is 24.5 Å². The van der Waals surface area contributed by atoms with Crippen molar-refractivity contribution >= 4 is 27.5 Å². The van der Waals surface area contributed by atoms with Crippen molar-refractivity contribution in [1.82, 2.24) is 5.32 Å². The smallest absolute Gasteiger partial charge is 0.414 e. The number of anilines is 1. The van der Waals surface area contributed by atoms with Gasteiger partial charge in [0.2, 0.25) is 5.91 Å². The third-order valence-electron chi connectivity index (χ3n) is 3.22. The molecule has 0 saturated carbocycles. The molecule has 0 radical (unpaired) electrons. The molecule has 1 aromatic carbocycles. The topological polar surface area (TPSA) is 92.8 Å². The molecule has 0 aliphatic carbocycles. The third-order valence-corrected chi connectivity index (χ3v) is 4.05. The van der Waals surface area contributed by atoms with Crippen LogP contribution < -0.4 is 10.2 Å². The highest BCUT2D eigenvalue weighted by Crippen LogP contribution is 2.24. The number of nitrogens with one attached hydrogen (secondary N) is 1. The molecule has 1 atom stereocenters. The number of halogens is 1. The zero-order valence-electron chi connectivity index (χ0n) is 12.7. The molecule has 1 saturated heterocycles. The lowest BCUT2D eigenvalue weighted by Gasteiger charge is -2.14. The van der Waals surface area contributed by atoms with Crippen LogP contribution in [0, 0.1) is 5.82 Å². The molecule has 0 aromatic heterocycles. The minimum Gasteiger partial charge on any atom is -0.442 e. The quantitative estimate of drug-likeness (QED) is 0.854. The van der Waals surface area contributed by atoms with Gasteiger partial charge in [-0.05, 0) is 12.1 Å². The average Bonchev–Trinajstić information content (AvgIpc) is 2.79. The fourth-order valence-electron chi connectivity index (χ4n) is 2.20. The summed E-state index contributed by atoms with van der Waals surface area (Å²) in [6, 6.07) is 3.90. The minimum atomic E-state index is -3.35. The van der Waals surface area contributed by atoms with Gasteiger partial charge in [-0.1, -0.05) is 6.07 Å². The second kappa shape index (κ2) is 6.53. The van der Waals surface area contributed by atoms with E-state index in [1.807, 2.05) is 0 Å². The number of hydrogen-bond acceptors (Lipinski definition) is 5. The van der Waals surface area contributed by atoms with Crippen molar-refractivity contribution in [3.63, 3.8) is 0 Å². The summed E-state index contributed by atoms with van der Waals surface area (Å²) >= 11 is 0. The Morgan fingerprint density at radius 2 is 2.17 bits per heavy atom. The summed E-state index contributed by atoms with van der Waals surface area (Å²) in [4.78, 5) is 23.9. The molecule has 7 nitrogen and oxygen atoms in total. The van der Waals surface area contributed by atoms with Crippen LogP contribution in [0.5, 0.6) is 0 Å². The molecule has 1 aromatic rings. The van der Waals surface area contributed by atoms with E-state index < -0.39 is 33.6 Å². The van der Waals surface area contributed by atoms with Gasteiger partial charge in [0.25, 0.3) is 0 Å². The Morgan fingerprint density at radius 1 is 1.48 bits per heavy atom. The highest BCUT2D eigenvalue weighted by molar-refractivity contribution is 7.89. The van der Waals surface area contributed by atoms with Crippen molar-refractivity contribution in [3.8, 4) is 0 Å². The van der Waals surface area contributed by atoms with Crippen molar-refractivity contribution < 1.29 is 27.1 Å². The monoisotopic (exact) mass is 344 g/mol. The molecular weight excluding hydrogens is 327 g/mol. The number of rotatable bonds is 5. The molecular formula is C14H17FN2O5S. The number of ether oxygens (including phenoxy) is 1. The number of carbonyl (C=O) groups is 2. The molecule has 9 heteroatoms. The Hall–Kier alpha value is -2.16. The fourth-order valence-corrected chi connectivity index (χ4v) is 3.00. The van der Waals surface area contributed by atoms with Crippen LogP contribution in [0.15, 0.2) is 18.2 Å². The van der Waals surface area contributed by atoms with Crippen molar-refractivity contribution in [2.45, 2.75) is 18.8 Å². The molecule has 2 rings (SSSR count). The summed E-state index contributed by atoms with van der Waals surface area (Å²) in [7, 11) is -3.35. The van der Waals surface area contributed by atoms with E-state index in [0.717, 1.165) is 12.3 Å². The summed E-state index contributed by atoms with van der Waals surface area (Å²) < 4.78 is 41.6. The van der Waals surface area contributed by atoms with Gasteiger partial charge >= 0.3 is 6.09 Å². The average molecular weight is 344 g/mol. The maximum Gasteiger partial charge on any atom is 0.414 e.